The highest BCUT2D eigenvalue weighted by atomic mass is 16.6. The number of amides is 1. The molecular formula is C17H23N3O4. The highest BCUT2D eigenvalue weighted by molar-refractivity contribution is 5.77. The van der Waals surface area contributed by atoms with E-state index in [0.717, 1.165) is 39.0 Å². The number of ether oxygens (including phenoxy) is 1. The fourth-order valence-electron chi connectivity index (χ4n) is 3.08. The van der Waals surface area contributed by atoms with Crippen LogP contribution in [0.15, 0.2) is 24.3 Å². The summed E-state index contributed by atoms with van der Waals surface area (Å²) in [6, 6.07) is 6.88. The van der Waals surface area contributed by atoms with Crippen LogP contribution in [-0.4, -0.2) is 48.1 Å². The van der Waals surface area contributed by atoms with Crippen molar-refractivity contribution in [3.63, 3.8) is 0 Å². The molecule has 1 atom stereocenters. The molecule has 1 aromatic carbocycles. The zero-order valence-corrected chi connectivity index (χ0v) is 13.6. The zero-order valence-electron chi connectivity index (χ0n) is 13.6. The van der Waals surface area contributed by atoms with Crippen molar-refractivity contribution in [2.45, 2.75) is 31.7 Å². The molecule has 130 valence electrons. The van der Waals surface area contributed by atoms with Crippen molar-refractivity contribution in [1.29, 1.82) is 0 Å². The fraction of sp³-hybridized carbons (Fsp3) is 0.588. The molecule has 0 unspecified atom stereocenters. The molecule has 0 spiro atoms. The predicted octanol–water partition coefficient (Wildman–Crippen LogP) is 2.42. The van der Waals surface area contributed by atoms with Gasteiger partial charge >= 0.3 is 0 Å². The number of hydrogen-bond acceptors (Lipinski definition) is 5. The summed E-state index contributed by atoms with van der Waals surface area (Å²) in [7, 11) is 0. The van der Waals surface area contributed by atoms with E-state index in [9.17, 15) is 14.9 Å². The topological polar surface area (TPSA) is 84.7 Å². The van der Waals surface area contributed by atoms with E-state index in [1.54, 1.807) is 18.2 Å². The van der Waals surface area contributed by atoms with Crippen molar-refractivity contribution >= 4 is 17.3 Å². The SMILES string of the molecule is O=C(CCNc1ccccc1[N+](=O)[O-])N(C[C@H]1CCOC1)C1CC1. The molecule has 1 saturated carbocycles. The van der Waals surface area contributed by atoms with E-state index >= 15 is 0 Å². The molecular weight excluding hydrogens is 310 g/mol. The van der Waals surface area contributed by atoms with Crippen LogP contribution in [0.25, 0.3) is 0 Å². The molecule has 1 N–H and O–H groups in total. The maximum atomic E-state index is 12.5. The summed E-state index contributed by atoms with van der Waals surface area (Å²) in [6.07, 6.45) is 3.52. The lowest BCUT2D eigenvalue weighted by molar-refractivity contribution is -0.384. The first-order valence-corrected chi connectivity index (χ1v) is 8.49. The predicted molar refractivity (Wildman–Crippen MR) is 89.9 cm³/mol. The lowest BCUT2D eigenvalue weighted by Gasteiger charge is -2.25. The standard InChI is InChI=1S/C17H23N3O4/c21-17(19(14-5-6-14)11-13-8-10-24-12-13)7-9-18-15-3-1-2-4-16(15)20(22)23/h1-4,13-14,18H,5-12H2/t13-/m1/s1. The van der Waals surface area contributed by atoms with Crippen LogP contribution < -0.4 is 5.32 Å². The first-order chi connectivity index (χ1) is 11.6. The van der Waals surface area contributed by atoms with Gasteiger partial charge in [0.1, 0.15) is 5.69 Å². The summed E-state index contributed by atoms with van der Waals surface area (Å²) in [4.78, 5) is 25.1. The van der Waals surface area contributed by atoms with E-state index in [1.807, 2.05) is 4.90 Å². The fourth-order valence-corrected chi connectivity index (χ4v) is 3.08. The largest absolute Gasteiger partial charge is 0.381 e. The van der Waals surface area contributed by atoms with Crippen LogP contribution in [0.1, 0.15) is 25.7 Å². The van der Waals surface area contributed by atoms with Gasteiger partial charge in [-0.25, -0.2) is 0 Å². The number of anilines is 1. The van der Waals surface area contributed by atoms with E-state index in [4.69, 9.17) is 4.74 Å². The van der Waals surface area contributed by atoms with Crippen molar-refractivity contribution in [3.05, 3.63) is 34.4 Å². The average Bonchev–Trinajstić information content (AvgIpc) is 3.28. The van der Waals surface area contributed by atoms with Gasteiger partial charge in [0.15, 0.2) is 0 Å². The van der Waals surface area contributed by atoms with Gasteiger partial charge in [-0.1, -0.05) is 12.1 Å². The van der Waals surface area contributed by atoms with E-state index in [1.165, 1.54) is 6.07 Å². The van der Waals surface area contributed by atoms with Gasteiger partial charge in [0.2, 0.25) is 5.91 Å². The third-order valence-corrected chi connectivity index (χ3v) is 4.54. The highest BCUT2D eigenvalue weighted by Gasteiger charge is 2.34. The lowest BCUT2D eigenvalue weighted by Crippen LogP contribution is -2.38. The first kappa shape index (κ1) is 16.7. The third kappa shape index (κ3) is 4.23. The summed E-state index contributed by atoms with van der Waals surface area (Å²) >= 11 is 0. The summed E-state index contributed by atoms with van der Waals surface area (Å²) in [5.41, 5.74) is 0.490. The monoisotopic (exact) mass is 333 g/mol. The quantitative estimate of drug-likeness (QED) is 0.583. The molecule has 0 bridgehead atoms. The molecule has 1 amide bonds. The number of nitro groups is 1. The molecule has 3 rings (SSSR count). The zero-order chi connectivity index (χ0) is 16.9. The number of nitro benzene ring substituents is 1. The number of rotatable bonds is 8. The Hall–Kier alpha value is -2.15. The van der Waals surface area contributed by atoms with Gasteiger partial charge < -0.3 is 15.0 Å². The maximum Gasteiger partial charge on any atom is 0.292 e. The number of carbonyl (C=O) groups is 1. The number of hydrogen-bond donors (Lipinski definition) is 1. The number of nitrogens with zero attached hydrogens (tertiary/aromatic N) is 2. The van der Waals surface area contributed by atoms with Gasteiger partial charge in [-0.3, -0.25) is 14.9 Å². The summed E-state index contributed by atoms with van der Waals surface area (Å²) < 4.78 is 5.40. The lowest BCUT2D eigenvalue weighted by atomic mass is 10.1. The van der Waals surface area contributed by atoms with Crippen LogP contribution in [0.2, 0.25) is 0 Å². The Morgan fingerprint density at radius 3 is 2.79 bits per heavy atom. The van der Waals surface area contributed by atoms with Crippen molar-refractivity contribution in [2.24, 2.45) is 5.92 Å². The van der Waals surface area contributed by atoms with Crippen LogP contribution in [0.4, 0.5) is 11.4 Å². The van der Waals surface area contributed by atoms with E-state index in [-0.39, 0.29) is 11.6 Å². The number of benzene rings is 1. The second kappa shape index (κ2) is 7.61. The molecule has 2 aliphatic rings. The maximum absolute atomic E-state index is 12.5. The number of carbonyl (C=O) groups excluding carboxylic acids is 1. The Morgan fingerprint density at radius 2 is 2.12 bits per heavy atom. The third-order valence-electron chi connectivity index (χ3n) is 4.54. The second-order valence-electron chi connectivity index (χ2n) is 6.46. The van der Waals surface area contributed by atoms with Gasteiger partial charge in [0.05, 0.1) is 11.5 Å². The smallest absolute Gasteiger partial charge is 0.292 e. The van der Waals surface area contributed by atoms with E-state index in [0.29, 0.717) is 30.6 Å². The Labute approximate surface area is 141 Å². The summed E-state index contributed by atoms with van der Waals surface area (Å²) in [5.74, 6) is 0.563. The van der Waals surface area contributed by atoms with Gasteiger partial charge in [0.25, 0.3) is 5.69 Å². The molecule has 1 saturated heterocycles. The molecule has 1 aliphatic heterocycles. The van der Waals surface area contributed by atoms with Gasteiger partial charge in [-0.15, -0.1) is 0 Å². The van der Waals surface area contributed by atoms with Gasteiger partial charge in [-0.05, 0) is 25.3 Å². The van der Waals surface area contributed by atoms with Crippen LogP contribution >= 0.6 is 0 Å². The molecule has 1 aliphatic carbocycles. The van der Waals surface area contributed by atoms with Crippen molar-refractivity contribution < 1.29 is 14.5 Å². The first-order valence-electron chi connectivity index (χ1n) is 8.49. The second-order valence-corrected chi connectivity index (χ2v) is 6.46. The Morgan fingerprint density at radius 1 is 1.33 bits per heavy atom. The van der Waals surface area contributed by atoms with Crippen LogP contribution in [0.5, 0.6) is 0 Å². The number of para-hydroxylation sites is 2. The molecule has 2 fully saturated rings. The molecule has 1 aromatic rings. The molecule has 1 heterocycles. The van der Waals surface area contributed by atoms with Crippen LogP contribution in [0.3, 0.4) is 0 Å². The van der Waals surface area contributed by atoms with Crippen molar-refractivity contribution in [1.82, 2.24) is 4.90 Å². The van der Waals surface area contributed by atoms with Gasteiger partial charge in [-0.2, -0.15) is 0 Å². The van der Waals surface area contributed by atoms with Crippen molar-refractivity contribution in [2.75, 3.05) is 31.6 Å². The summed E-state index contributed by atoms with van der Waals surface area (Å²) in [6.45, 7) is 2.70. The Kier molecular flexibility index (Phi) is 5.30. The normalized spacial score (nSPS) is 19.9. The Bertz CT molecular complexity index is 597. The minimum absolute atomic E-state index is 0.0344. The summed E-state index contributed by atoms with van der Waals surface area (Å²) in [5, 5.41) is 14.0. The van der Waals surface area contributed by atoms with E-state index in [2.05, 4.69) is 5.32 Å². The molecule has 0 radical (unpaired) electrons. The van der Waals surface area contributed by atoms with E-state index < -0.39 is 4.92 Å². The van der Waals surface area contributed by atoms with Gasteiger partial charge in [0, 0.05) is 44.1 Å². The van der Waals surface area contributed by atoms with Crippen molar-refractivity contribution in [3.8, 4) is 0 Å². The molecule has 7 heteroatoms. The van der Waals surface area contributed by atoms with Crippen LogP contribution in [0, 0.1) is 16.0 Å². The highest BCUT2D eigenvalue weighted by Crippen LogP contribution is 2.29. The Balaban J connectivity index is 1.51. The minimum atomic E-state index is -0.416. The average molecular weight is 333 g/mol. The molecule has 24 heavy (non-hydrogen) atoms. The van der Waals surface area contributed by atoms with Crippen LogP contribution in [-0.2, 0) is 9.53 Å². The number of nitrogens with one attached hydrogen (secondary N) is 1. The molecule has 0 aromatic heterocycles. The minimum Gasteiger partial charge on any atom is -0.381 e. The molecule has 7 nitrogen and oxygen atoms in total.